The van der Waals surface area contributed by atoms with E-state index in [1.165, 1.54) is 0 Å². The lowest BCUT2D eigenvalue weighted by Gasteiger charge is -2.21. The van der Waals surface area contributed by atoms with Crippen LogP contribution in [-0.4, -0.2) is 40.5 Å². The molecule has 1 fully saturated rings. The van der Waals surface area contributed by atoms with E-state index in [9.17, 15) is 10.0 Å². The zero-order valence-corrected chi connectivity index (χ0v) is 9.26. The number of anilines is 1. The number of nitrogens with zero attached hydrogens (tertiary/aromatic N) is 1. The first-order valence-corrected chi connectivity index (χ1v) is 5.64. The maximum atomic E-state index is 11.0. The van der Waals surface area contributed by atoms with E-state index in [4.69, 9.17) is 5.11 Å². The molecular formula is C12H14N2O3. The molecule has 1 aromatic rings. The van der Waals surface area contributed by atoms with Crippen molar-refractivity contribution in [2.24, 2.45) is 0 Å². The minimum Gasteiger partial charge on any atom is -0.480 e. The number of carboxylic acids is 1. The molecule has 2 unspecified atom stereocenters. The van der Waals surface area contributed by atoms with Gasteiger partial charge < -0.3 is 15.6 Å². The standard InChI is InChI=1S/C12H14N2O3/c15-11(16)10-5-12(7-14(10)17)6-13-9-4-2-1-3-8(9)12/h1-4,10,13,17H,5-7H2,(H,15,16). The maximum Gasteiger partial charge on any atom is 0.323 e. The van der Waals surface area contributed by atoms with Crippen molar-refractivity contribution in [3.63, 3.8) is 0 Å². The van der Waals surface area contributed by atoms with Crippen LogP contribution in [0.2, 0.25) is 0 Å². The molecule has 3 N–H and O–H groups in total. The monoisotopic (exact) mass is 234 g/mol. The van der Waals surface area contributed by atoms with Crippen molar-refractivity contribution in [1.82, 2.24) is 5.06 Å². The van der Waals surface area contributed by atoms with Crippen LogP contribution < -0.4 is 5.32 Å². The topological polar surface area (TPSA) is 72.8 Å². The summed E-state index contributed by atoms with van der Waals surface area (Å²) in [6.45, 7) is 1.06. The van der Waals surface area contributed by atoms with Crippen LogP contribution in [0.4, 0.5) is 5.69 Å². The number of hydrogen-bond acceptors (Lipinski definition) is 4. The van der Waals surface area contributed by atoms with Crippen LogP contribution in [0.25, 0.3) is 0 Å². The number of rotatable bonds is 1. The molecule has 90 valence electrons. The average molecular weight is 234 g/mol. The second kappa shape index (κ2) is 3.45. The van der Waals surface area contributed by atoms with Crippen molar-refractivity contribution in [2.45, 2.75) is 17.9 Å². The first-order valence-electron chi connectivity index (χ1n) is 5.64. The molecule has 3 rings (SSSR count). The predicted molar refractivity (Wildman–Crippen MR) is 61.1 cm³/mol. The minimum atomic E-state index is -0.964. The Hall–Kier alpha value is -1.59. The third-order valence-corrected chi connectivity index (χ3v) is 3.81. The molecule has 1 aromatic carbocycles. The number of aliphatic carboxylic acids is 1. The Morgan fingerprint density at radius 2 is 2.24 bits per heavy atom. The van der Waals surface area contributed by atoms with Crippen molar-refractivity contribution >= 4 is 11.7 Å². The fourth-order valence-corrected chi connectivity index (χ4v) is 2.96. The van der Waals surface area contributed by atoms with Gasteiger partial charge in [0.2, 0.25) is 0 Å². The fraction of sp³-hybridized carbons (Fsp3) is 0.417. The highest BCUT2D eigenvalue weighted by Gasteiger charge is 2.50. The minimum absolute atomic E-state index is 0.269. The Bertz CT molecular complexity index is 477. The Kier molecular flexibility index (Phi) is 2.14. The van der Waals surface area contributed by atoms with E-state index in [2.05, 4.69) is 5.32 Å². The highest BCUT2D eigenvalue weighted by atomic mass is 16.5. The van der Waals surface area contributed by atoms with Crippen molar-refractivity contribution < 1.29 is 15.1 Å². The van der Waals surface area contributed by atoms with E-state index in [-0.39, 0.29) is 5.41 Å². The van der Waals surface area contributed by atoms with E-state index < -0.39 is 12.0 Å². The van der Waals surface area contributed by atoms with E-state index in [0.717, 1.165) is 16.3 Å². The lowest BCUT2D eigenvalue weighted by molar-refractivity contribution is -0.161. The van der Waals surface area contributed by atoms with Crippen molar-refractivity contribution in [2.75, 3.05) is 18.4 Å². The van der Waals surface area contributed by atoms with Crippen LogP contribution >= 0.6 is 0 Å². The summed E-state index contributed by atoms with van der Waals surface area (Å²) >= 11 is 0. The van der Waals surface area contributed by atoms with E-state index >= 15 is 0 Å². The van der Waals surface area contributed by atoms with Crippen LogP contribution in [0.3, 0.4) is 0 Å². The molecule has 0 aromatic heterocycles. The molecule has 1 saturated heterocycles. The molecule has 0 saturated carbocycles. The number of carboxylic acid groups (broad SMARTS) is 1. The Morgan fingerprint density at radius 1 is 1.47 bits per heavy atom. The molecule has 5 heteroatoms. The third-order valence-electron chi connectivity index (χ3n) is 3.81. The SMILES string of the molecule is O=C(O)C1CC2(CNc3ccccc32)CN1O. The molecule has 2 aliphatic heterocycles. The van der Waals surface area contributed by atoms with Gasteiger partial charge in [-0.2, -0.15) is 5.06 Å². The van der Waals surface area contributed by atoms with Crippen molar-refractivity contribution in [1.29, 1.82) is 0 Å². The quantitative estimate of drug-likeness (QED) is 0.673. The number of nitrogens with one attached hydrogen (secondary N) is 1. The number of fused-ring (bicyclic) bond motifs is 2. The van der Waals surface area contributed by atoms with Crippen LogP contribution in [0.5, 0.6) is 0 Å². The first kappa shape index (κ1) is 10.6. The Labute approximate surface area is 98.6 Å². The van der Waals surface area contributed by atoms with Crippen molar-refractivity contribution in [3.05, 3.63) is 29.8 Å². The molecule has 0 aliphatic carbocycles. The lowest BCUT2D eigenvalue weighted by atomic mass is 9.80. The second-order valence-electron chi connectivity index (χ2n) is 4.84. The summed E-state index contributed by atoms with van der Waals surface area (Å²) in [4.78, 5) is 11.0. The highest BCUT2D eigenvalue weighted by Crippen LogP contribution is 2.44. The van der Waals surface area contributed by atoms with Gasteiger partial charge in [0.15, 0.2) is 0 Å². The molecule has 5 nitrogen and oxygen atoms in total. The summed E-state index contributed by atoms with van der Waals surface area (Å²) in [5, 5.41) is 23.0. The molecule has 2 heterocycles. The number of carbonyl (C=O) groups is 1. The molecule has 2 aliphatic rings. The third kappa shape index (κ3) is 1.43. The highest BCUT2D eigenvalue weighted by molar-refractivity contribution is 5.75. The van der Waals surface area contributed by atoms with Crippen LogP contribution in [0.15, 0.2) is 24.3 Å². The summed E-state index contributed by atoms with van der Waals surface area (Å²) in [5.41, 5.74) is 1.89. The first-order chi connectivity index (χ1) is 8.12. The molecular weight excluding hydrogens is 220 g/mol. The van der Waals surface area contributed by atoms with Crippen molar-refractivity contribution in [3.8, 4) is 0 Å². The van der Waals surface area contributed by atoms with Crippen LogP contribution in [-0.2, 0) is 10.2 Å². The summed E-state index contributed by atoms with van der Waals surface area (Å²) in [6.07, 6.45) is 0.447. The molecule has 17 heavy (non-hydrogen) atoms. The van der Waals surface area contributed by atoms with Gasteiger partial charge in [0, 0.05) is 24.2 Å². The zero-order valence-electron chi connectivity index (χ0n) is 9.26. The maximum absolute atomic E-state index is 11.0. The summed E-state index contributed by atoms with van der Waals surface area (Å²) in [6, 6.07) is 7.09. The molecule has 1 spiro atoms. The van der Waals surface area contributed by atoms with Crippen LogP contribution in [0, 0.1) is 0 Å². The van der Waals surface area contributed by atoms with Gasteiger partial charge in [-0.25, -0.2) is 0 Å². The normalized spacial score (nSPS) is 31.5. The van der Waals surface area contributed by atoms with Crippen LogP contribution in [0.1, 0.15) is 12.0 Å². The molecule has 0 amide bonds. The summed E-state index contributed by atoms with van der Waals surface area (Å²) in [7, 11) is 0. The lowest BCUT2D eigenvalue weighted by Crippen LogP contribution is -2.33. The number of para-hydroxylation sites is 1. The van der Waals surface area contributed by atoms with Gasteiger partial charge in [0.05, 0.1) is 0 Å². The Balaban J connectivity index is 1.98. The molecule has 2 atom stereocenters. The Morgan fingerprint density at radius 3 is 2.94 bits per heavy atom. The van der Waals surface area contributed by atoms with Gasteiger partial charge in [-0.3, -0.25) is 4.79 Å². The predicted octanol–water partition coefficient (Wildman–Crippen LogP) is 0.898. The number of hydroxylamine groups is 2. The summed E-state index contributed by atoms with van der Waals surface area (Å²) in [5.74, 6) is -0.964. The van der Waals surface area contributed by atoms with E-state index in [1.807, 2.05) is 24.3 Å². The van der Waals surface area contributed by atoms with Gasteiger partial charge >= 0.3 is 5.97 Å². The van der Waals surface area contributed by atoms with Gasteiger partial charge in [0.1, 0.15) is 6.04 Å². The van der Waals surface area contributed by atoms with Gasteiger partial charge in [-0.05, 0) is 18.1 Å². The summed E-state index contributed by atoms with van der Waals surface area (Å²) < 4.78 is 0. The fourth-order valence-electron chi connectivity index (χ4n) is 2.96. The molecule has 0 bridgehead atoms. The average Bonchev–Trinajstić information content (AvgIpc) is 2.83. The van der Waals surface area contributed by atoms with Gasteiger partial charge in [-0.1, -0.05) is 18.2 Å². The van der Waals surface area contributed by atoms with Gasteiger partial charge in [0.25, 0.3) is 0 Å². The van der Waals surface area contributed by atoms with E-state index in [1.54, 1.807) is 0 Å². The number of hydrogen-bond donors (Lipinski definition) is 3. The second-order valence-corrected chi connectivity index (χ2v) is 4.84. The largest absolute Gasteiger partial charge is 0.480 e. The zero-order chi connectivity index (χ0) is 12.0. The molecule has 0 radical (unpaired) electrons. The van der Waals surface area contributed by atoms with E-state index in [0.29, 0.717) is 19.5 Å². The number of benzene rings is 1. The smallest absolute Gasteiger partial charge is 0.323 e. The van der Waals surface area contributed by atoms with Gasteiger partial charge in [-0.15, -0.1) is 0 Å².